The highest BCUT2D eigenvalue weighted by Gasteiger charge is 2.32. The molecule has 8 heteroatoms. The van der Waals surface area contributed by atoms with Crippen molar-refractivity contribution in [2.45, 2.75) is 37.6 Å². The van der Waals surface area contributed by atoms with Gasteiger partial charge in [-0.15, -0.1) is 0 Å². The number of carbonyl (C=O) groups is 1. The number of amides is 2. The number of alkyl halides is 3. The Labute approximate surface area is 132 Å². The smallest absolute Gasteiger partial charge is 0.391 e. The summed E-state index contributed by atoms with van der Waals surface area (Å²) < 4.78 is 38.5. The molecular formula is C15H20F3N3O2. The quantitative estimate of drug-likeness (QED) is 0.798. The average Bonchev–Trinajstić information content (AvgIpc) is 2.82. The number of rotatable bonds is 3. The van der Waals surface area contributed by atoms with Crippen molar-refractivity contribution in [1.29, 1.82) is 0 Å². The molecule has 1 saturated carbocycles. The van der Waals surface area contributed by atoms with Crippen molar-refractivity contribution >= 4 is 17.4 Å². The van der Waals surface area contributed by atoms with Gasteiger partial charge in [0.1, 0.15) is 0 Å². The molecule has 2 amide bonds. The highest BCUT2D eigenvalue weighted by Crippen LogP contribution is 2.35. The van der Waals surface area contributed by atoms with E-state index in [0.717, 1.165) is 18.6 Å². The molecule has 0 spiro atoms. The first kappa shape index (κ1) is 17.4. The molecule has 5 nitrogen and oxygen atoms in total. The molecule has 0 aromatic heterocycles. The minimum atomic E-state index is -4.49. The van der Waals surface area contributed by atoms with Crippen molar-refractivity contribution in [1.82, 2.24) is 5.32 Å². The van der Waals surface area contributed by atoms with E-state index >= 15 is 0 Å². The average molecular weight is 331 g/mol. The van der Waals surface area contributed by atoms with Crippen molar-refractivity contribution in [3.63, 3.8) is 0 Å². The molecule has 3 N–H and O–H groups in total. The number of hydrogen-bond donors (Lipinski definition) is 3. The number of nitrogens with one attached hydrogen (secondary N) is 2. The summed E-state index contributed by atoms with van der Waals surface area (Å²) >= 11 is 0. The monoisotopic (exact) mass is 331 g/mol. The summed E-state index contributed by atoms with van der Waals surface area (Å²) in [5, 5.41) is 14.7. The van der Waals surface area contributed by atoms with Crippen molar-refractivity contribution in [2.24, 2.45) is 0 Å². The fourth-order valence-corrected chi connectivity index (χ4v) is 2.64. The van der Waals surface area contributed by atoms with Crippen LogP contribution in [0.1, 0.15) is 24.8 Å². The molecule has 0 heterocycles. The van der Waals surface area contributed by atoms with Gasteiger partial charge in [0.2, 0.25) is 0 Å². The predicted octanol–water partition coefficient (Wildman–Crippen LogP) is 2.81. The molecule has 0 radical (unpaired) electrons. The number of halogens is 3. The number of carbonyl (C=O) groups excluding carboxylic acids is 1. The van der Waals surface area contributed by atoms with E-state index in [0.29, 0.717) is 18.5 Å². The van der Waals surface area contributed by atoms with E-state index in [4.69, 9.17) is 0 Å². The van der Waals surface area contributed by atoms with Crippen LogP contribution < -0.4 is 15.5 Å². The highest BCUT2D eigenvalue weighted by molar-refractivity contribution is 5.93. The highest BCUT2D eigenvalue weighted by atomic mass is 19.4. The van der Waals surface area contributed by atoms with Gasteiger partial charge in [0, 0.05) is 14.1 Å². The van der Waals surface area contributed by atoms with Crippen LogP contribution in [-0.2, 0) is 6.18 Å². The lowest BCUT2D eigenvalue weighted by Crippen LogP contribution is -2.42. The molecule has 0 saturated heterocycles. The lowest BCUT2D eigenvalue weighted by molar-refractivity contribution is -0.137. The van der Waals surface area contributed by atoms with E-state index in [9.17, 15) is 23.1 Å². The maximum Gasteiger partial charge on any atom is 0.416 e. The van der Waals surface area contributed by atoms with E-state index in [2.05, 4.69) is 10.6 Å². The Hall–Kier alpha value is -1.96. The molecule has 1 aliphatic carbocycles. The largest absolute Gasteiger partial charge is 0.416 e. The molecule has 1 aromatic carbocycles. The molecule has 0 aliphatic heterocycles. The Morgan fingerprint density at radius 2 is 2.00 bits per heavy atom. The molecule has 128 valence electrons. The summed E-state index contributed by atoms with van der Waals surface area (Å²) in [4.78, 5) is 13.6. The van der Waals surface area contributed by atoms with Crippen LogP contribution in [0.2, 0.25) is 0 Å². The second-order valence-electron chi connectivity index (χ2n) is 5.83. The number of urea groups is 1. The fourth-order valence-electron chi connectivity index (χ4n) is 2.64. The first-order chi connectivity index (χ1) is 10.7. The Morgan fingerprint density at radius 1 is 1.30 bits per heavy atom. The van der Waals surface area contributed by atoms with Crippen LogP contribution in [0.25, 0.3) is 0 Å². The standard InChI is InChI=1S/C15H20F3N3O2/c1-21(2)12-7-6-9(15(16,17)18)8-11(12)20-14(23)19-10-4-3-5-13(10)22/h6-8,10,13,22H,3-5H2,1-2H3,(H2,19,20,23)/t10-,13-/m1/s1. The van der Waals surface area contributed by atoms with Gasteiger partial charge < -0.3 is 20.6 Å². The Morgan fingerprint density at radius 3 is 2.52 bits per heavy atom. The lowest BCUT2D eigenvalue weighted by Gasteiger charge is -2.21. The minimum Gasteiger partial charge on any atom is -0.391 e. The third-order valence-corrected chi connectivity index (χ3v) is 3.85. The third kappa shape index (κ3) is 4.28. The zero-order chi connectivity index (χ0) is 17.2. The maximum absolute atomic E-state index is 12.8. The zero-order valence-corrected chi connectivity index (χ0v) is 12.9. The van der Waals surface area contributed by atoms with Crippen molar-refractivity contribution < 1.29 is 23.1 Å². The van der Waals surface area contributed by atoms with Crippen LogP contribution in [-0.4, -0.2) is 37.4 Å². The van der Waals surface area contributed by atoms with Gasteiger partial charge in [-0.25, -0.2) is 4.79 Å². The summed E-state index contributed by atoms with van der Waals surface area (Å²) in [6.07, 6.45) is -3.04. The molecule has 0 unspecified atom stereocenters. The predicted molar refractivity (Wildman–Crippen MR) is 81.6 cm³/mol. The van der Waals surface area contributed by atoms with Crippen LogP contribution in [0, 0.1) is 0 Å². The number of benzene rings is 1. The van der Waals surface area contributed by atoms with E-state index in [1.54, 1.807) is 19.0 Å². The number of hydrogen-bond acceptors (Lipinski definition) is 3. The second kappa shape index (κ2) is 6.66. The summed E-state index contributed by atoms with van der Waals surface area (Å²) in [7, 11) is 3.35. The molecule has 2 atom stereocenters. The van der Waals surface area contributed by atoms with Crippen LogP contribution in [0.5, 0.6) is 0 Å². The van der Waals surface area contributed by atoms with Crippen LogP contribution in [0.3, 0.4) is 0 Å². The van der Waals surface area contributed by atoms with Crippen molar-refractivity contribution in [3.8, 4) is 0 Å². The number of anilines is 2. The van der Waals surface area contributed by atoms with Crippen molar-refractivity contribution in [2.75, 3.05) is 24.3 Å². The van der Waals surface area contributed by atoms with Gasteiger partial charge in [-0.3, -0.25) is 0 Å². The number of aliphatic hydroxyl groups is 1. The molecule has 1 aliphatic rings. The summed E-state index contributed by atoms with van der Waals surface area (Å²) in [6, 6.07) is 2.18. The topological polar surface area (TPSA) is 64.6 Å². The molecule has 1 aromatic rings. The zero-order valence-electron chi connectivity index (χ0n) is 12.9. The minimum absolute atomic E-state index is 0.0646. The van der Waals surface area contributed by atoms with Gasteiger partial charge in [0.25, 0.3) is 0 Å². The summed E-state index contributed by atoms with van der Waals surface area (Å²) in [5.41, 5.74) is -0.311. The molecule has 0 bridgehead atoms. The SMILES string of the molecule is CN(C)c1ccc(C(F)(F)F)cc1NC(=O)N[C@@H]1CCC[C@H]1O. The van der Waals surface area contributed by atoms with E-state index in [1.807, 2.05) is 0 Å². The van der Waals surface area contributed by atoms with E-state index in [-0.39, 0.29) is 11.7 Å². The Bertz CT molecular complexity index is 576. The summed E-state index contributed by atoms with van der Waals surface area (Å²) in [5.74, 6) is 0. The van der Waals surface area contributed by atoms with Crippen LogP contribution in [0.4, 0.5) is 29.3 Å². The molecular weight excluding hydrogens is 311 g/mol. The number of nitrogens with zero attached hydrogens (tertiary/aromatic N) is 1. The van der Waals surface area contributed by atoms with Gasteiger partial charge in [0.05, 0.1) is 29.1 Å². The third-order valence-electron chi connectivity index (χ3n) is 3.85. The second-order valence-corrected chi connectivity index (χ2v) is 5.83. The first-order valence-electron chi connectivity index (χ1n) is 7.32. The van der Waals surface area contributed by atoms with Gasteiger partial charge >= 0.3 is 12.2 Å². The number of aliphatic hydroxyl groups excluding tert-OH is 1. The van der Waals surface area contributed by atoms with Crippen LogP contribution in [0.15, 0.2) is 18.2 Å². The summed E-state index contributed by atoms with van der Waals surface area (Å²) in [6.45, 7) is 0. The van der Waals surface area contributed by atoms with Gasteiger partial charge in [-0.2, -0.15) is 13.2 Å². The molecule has 2 rings (SSSR count). The Kier molecular flexibility index (Phi) is 5.03. The van der Waals surface area contributed by atoms with E-state index < -0.39 is 23.9 Å². The molecule has 1 fully saturated rings. The first-order valence-corrected chi connectivity index (χ1v) is 7.32. The molecule has 23 heavy (non-hydrogen) atoms. The lowest BCUT2D eigenvalue weighted by atomic mass is 10.1. The van der Waals surface area contributed by atoms with Crippen LogP contribution >= 0.6 is 0 Å². The van der Waals surface area contributed by atoms with Gasteiger partial charge in [0.15, 0.2) is 0 Å². The van der Waals surface area contributed by atoms with Gasteiger partial charge in [-0.05, 0) is 37.5 Å². The Balaban J connectivity index is 2.17. The van der Waals surface area contributed by atoms with Gasteiger partial charge in [-0.1, -0.05) is 0 Å². The van der Waals surface area contributed by atoms with Crippen molar-refractivity contribution in [3.05, 3.63) is 23.8 Å². The normalized spacial score (nSPS) is 21.1. The van der Waals surface area contributed by atoms with E-state index in [1.165, 1.54) is 6.07 Å². The maximum atomic E-state index is 12.8. The fraction of sp³-hybridized carbons (Fsp3) is 0.533.